The van der Waals surface area contributed by atoms with Crippen LogP contribution in [0.2, 0.25) is 0 Å². The molecule has 27 heavy (non-hydrogen) atoms. The van der Waals surface area contributed by atoms with Crippen LogP contribution in [0.3, 0.4) is 0 Å². The van der Waals surface area contributed by atoms with Crippen molar-refractivity contribution in [2.24, 2.45) is 5.92 Å². The van der Waals surface area contributed by atoms with Crippen molar-refractivity contribution >= 4 is 5.91 Å². The Balaban J connectivity index is 1.77. The largest absolute Gasteiger partial charge is 0.497 e. The fourth-order valence-corrected chi connectivity index (χ4v) is 2.80. The Kier molecular flexibility index (Phi) is 5.96. The van der Waals surface area contributed by atoms with E-state index in [2.05, 4.69) is 5.16 Å². The molecule has 6 nitrogen and oxygen atoms in total. The van der Waals surface area contributed by atoms with Crippen LogP contribution in [0.1, 0.15) is 31.7 Å². The molecule has 1 amide bonds. The van der Waals surface area contributed by atoms with Gasteiger partial charge in [-0.25, -0.2) is 0 Å². The molecule has 1 aromatic carbocycles. The Morgan fingerprint density at radius 2 is 2.04 bits per heavy atom. The summed E-state index contributed by atoms with van der Waals surface area (Å²) in [6.45, 7) is 4.82. The summed E-state index contributed by atoms with van der Waals surface area (Å²) < 4.78 is 16.1. The summed E-state index contributed by atoms with van der Waals surface area (Å²) in [5, 5.41) is 4.14. The minimum Gasteiger partial charge on any atom is -0.497 e. The fraction of sp³-hybridized carbons (Fsp3) is 0.333. The molecule has 142 valence electrons. The van der Waals surface area contributed by atoms with E-state index in [0.717, 1.165) is 17.1 Å². The van der Waals surface area contributed by atoms with E-state index in [1.165, 1.54) is 0 Å². The van der Waals surface area contributed by atoms with E-state index in [1.54, 1.807) is 18.3 Å². The number of hydrogen-bond donors (Lipinski definition) is 0. The zero-order valence-corrected chi connectivity index (χ0v) is 15.8. The van der Waals surface area contributed by atoms with Crippen molar-refractivity contribution in [2.75, 3.05) is 7.11 Å². The molecule has 3 rings (SSSR count). The number of carbonyl (C=O) groups is 1. The van der Waals surface area contributed by atoms with Crippen LogP contribution in [-0.2, 0) is 17.9 Å². The fourth-order valence-electron chi connectivity index (χ4n) is 2.80. The lowest BCUT2D eigenvalue weighted by molar-refractivity contribution is -0.133. The summed E-state index contributed by atoms with van der Waals surface area (Å²) in [5.74, 6) is 2.47. The number of ether oxygens (including phenoxy) is 1. The van der Waals surface area contributed by atoms with Gasteiger partial charge in [0.05, 0.1) is 26.5 Å². The SMILES string of the molecule is COc1cccc(-c2cc(CN(Cc3ccco3)C(=O)CC(C)C)no2)c1. The molecule has 0 bridgehead atoms. The highest BCUT2D eigenvalue weighted by Crippen LogP contribution is 2.25. The van der Waals surface area contributed by atoms with Gasteiger partial charge in [-0.3, -0.25) is 4.79 Å². The average Bonchev–Trinajstić information content (AvgIpc) is 3.32. The number of aromatic nitrogens is 1. The molecule has 0 radical (unpaired) electrons. The molecule has 0 N–H and O–H groups in total. The van der Waals surface area contributed by atoms with Crippen molar-refractivity contribution in [1.29, 1.82) is 0 Å². The highest BCUT2D eigenvalue weighted by atomic mass is 16.5. The molecule has 0 saturated heterocycles. The molecule has 0 spiro atoms. The molecule has 0 aliphatic heterocycles. The molecular formula is C21H24N2O4. The predicted molar refractivity (Wildman–Crippen MR) is 101 cm³/mol. The molecule has 0 aliphatic carbocycles. The third-order valence-electron chi connectivity index (χ3n) is 4.13. The van der Waals surface area contributed by atoms with Gasteiger partial charge in [-0.2, -0.15) is 0 Å². The number of amides is 1. The van der Waals surface area contributed by atoms with Gasteiger partial charge in [-0.05, 0) is 30.2 Å². The first-order valence-corrected chi connectivity index (χ1v) is 8.95. The van der Waals surface area contributed by atoms with Gasteiger partial charge in [0.15, 0.2) is 5.76 Å². The maximum absolute atomic E-state index is 12.7. The number of furan rings is 1. The van der Waals surface area contributed by atoms with E-state index in [1.807, 2.05) is 56.3 Å². The summed E-state index contributed by atoms with van der Waals surface area (Å²) in [7, 11) is 1.62. The summed E-state index contributed by atoms with van der Waals surface area (Å²) in [4.78, 5) is 14.4. The third kappa shape index (κ3) is 5.00. The smallest absolute Gasteiger partial charge is 0.223 e. The topological polar surface area (TPSA) is 68.7 Å². The maximum atomic E-state index is 12.7. The molecule has 6 heteroatoms. The second-order valence-electron chi connectivity index (χ2n) is 6.84. The van der Waals surface area contributed by atoms with Gasteiger partial charge in [-0.15, -0.1) is 0 Å². The number of carbonyl (C=O) groups excluding carboxylic acids is 1. The number of rotatable bonds is 8. The van der Waals surface area contributed by atoms with E-state index < -0.39 is 0 Å². The van der Waals surface area contributed by atoms with Gasteiger partial charge < -0.3 is 18.6 Å². The van der Waals surface area contributed by atoms with E-state index in [9.17, 15) is 4.79 Å². The van der Waals surface area contributed by atoms with E-state index in [0.29, 0.717) is 31.0 Å². The zero-order valence-electron chi connectivity index (χ0n) is 15.8. The highest BCUT2D eigenvalue weighted by Gasteiger charge is 2.19. The second-order valence-corrected chi connectivity index (χ2v) is 6.84. The van der Waals surface area contributed by atoms with Crippen LogP contribution >= 0.6 is 0 Å². The summed E-state index contributed by atoms with van der Waals surface area (Å²) in [6.07, 6.45) is 2.08. The van der Waals surface area contributed by atoms with E-state index in [4.69, 9.17) is 13.7 Å². The number of nitrogens with zero attached hydrogens (tertiary/aromatic N) is 2. The minimum absolute atomic E-state index is 0.0623. The van der Waals surface area contributed by atoms with Crippen LogP contribution in [0.25, 0.3) is 11.3 Å². The summed E-state index contributed by atoms with van der Waals surface area (Å²) in [5.41, 5.74) is 1.57. The number of benzene rings is 1. The standard InChI is InChI=1S/C21H24N2O4/c1-15(2)10-21(24)23(14-19-8-5-9-26-19)13-17-12-20(27-22-17)16-6-4-7-18(11-16)25-3/h4-9,11-12,15H,10,13-14H2,1-3H3. The van der Waals surface area contributed by atoms with Crippen LogP contribution in [0.5, 0.6) is 5.75 Å². The molecule has 0 atom stereocenters. The van der Waals surface area contributed by atoms with Gasteiger partial charge in [-0.1, -0.05) is 31.1 Å². The zero-order chi connectivity index (χ0) is 19.2. The van der Waals surface area contributed by atoms with Crippen molar-refractivity contribution in [2.45, 2.75) is 33.4 Å². The first-order chi connectivity index (χ1) is 13.0. The lowest BCUT2D eigenvalue weighted by Gasteiger charge is -2.21. The quantitative estimate of drug-likeness (QED) is 0.585. The molecule has 0 saturated carbocycles. The Labute approximate surface area is 158 Å². The summed E-state index contributed by atoms with van der Waals surface area (Å²) in [6, 6.07) is 13.1. The lowest BCUT2D eigenvalue weighted by atomic mass is 10.1. The first-order valence-electron chi connectivity index (χ1n) is 8.95. The maximum Gasteiger partial charge on any atom is 0.223 e. The van der Waals surface area contributed by atoms with E-state index >= 15 is 0 Å². The molecule has 0 aliphatic rings. The Morgan fingerprint density at radius 3 is 2.74 bits per heavy atom. The van der Waals surface area contributed by atoms with Crippen molar-refractivity contribution in [1.82, 2.24) is 10.1 Å². The molecule has 0 fully saturated rings. The normalized spacial score (nSPS) is 11.0. The molecule has 0 unspecified atom stereocenters. The van der Waals surface area contributed by atoms with Gasteiger partial charge in [0.2, 0.25) is 5.91 Å². The van der Waals surface area contributed by atoms with Gasteiger partial charge >= 0.3 is 0 Å². The molecule has 2 heterocycles. The van der Waals surface area contributed by atoms with Crippen LogP contribution in [0, 0.1) is 5.92 Å². The van der Waals surface area contributed by atoms with Gasteiger partial charge in [0, 0.05) is 18.1 Å². The lowest BCUT2D eigenvalue weighted by Crippen LogP contribution is -2.30. The second kappa shape index (κ2) is 8.58. The molecule has 2 aromatic heterocycles. The van der Waals surface area contributed by atoms with Gasteiger partial charge in [0.1, 0.15) is 17.2 Å². The minimum atomic E-state index is 0.0623. The van der Waals surface area contributed by atoms with Crippen LogP contribution < -0.4 is 4.74 Å². The van der Waals surface area contributed by atoms with Crippen LogP contribution in [0.4, 0.5) is 0 Å². The Hall–Kier alpha value is -3.02. The van der Waals surface area contributed by atoms with Crippen molar-refractivity contribution in [3.8, 4) is 17.1 Å². The van der Waals surface area contributed by atoms with Crippen molar-refractivity contribution in [3.05, 3.63) is 60.2 Å². The molecular weight excluding hydrogens is 344 g/mol. The average molecular weight is 368 g/mol. The number of methoxy groups -OCH3 is 1. The first kappa shape index (κ1) is 18.8. The Bertz CT molecular complexity index is 868. The summed E-state index contributed by atoms with van der Waals surface area (Å²) >= 11 is 0. The van der Waals surface area contributed by atoms with Crippen molar-refractivity contribution < 1.29 is 18.5 Å². The van der Waals surface area contributed by atoms with Crippen LogP contribution in [-0.4, -0.2) is 23.1 Å². The van der Waals surface area contributed by atoms with E-state index in [-0.39, 0.29) is 11.8 Å². The van der Waals surface area contributed by atoms with Crippen molar-refractivity contribution in [3.63, 3.8) is 0 Å². The highest BCUT2D eigenvalue weighted by molar-refractivity contribution is 5.76. The predicted octanol–water partition coefficient (Wildman–Crippen LogP) is 4.52. The Morgan fingerprint density at radius 1 is 1.19 bits per heavy atom. The number of hydrogen-bond acceptors (Lipinski definition) is 5. The van der Waals surface area contributed by atoms with Crippen LogP contribution in [0.15, 0.2) is 57.7 Å². The van der Waals surface area contributed by atoms with Gasteiger partial charge in [0.25, 0.3) is 0 Å². The molecule has 3 aromatic rings. The monoisotopic (exact) mass is 368 g/mol. The third-order valence-corrected chi connectivity index (χ3v) is 4.13.